The number of ether oxygens (including phenoxy) is 2. The fourth-order valence-corrected chi connectivity index (χ4v) is 3.54. The van der Waals surface area contributed by atoms with Gasteiger partial charge >= 0.3 is 11.7 Å². The molecule has 2 aromatic rings. The fraction of sp³-hybridized carbons (Fsp3) is 0.364. The molecule has 1 aliphatic rings. The molecule has 0 bridgehead atoms. The van der Waals surface area contributed by atoms with Gasteiger partial charge in [0.15, 0.2) is 11.9 Å². The van der Waals surface area contributed by atoms with Crippen LogP contribution in [0.25, 0.3) is 0 Å². The van der Waals surface area contributed by atoms with Gasteiger partial charge in [0.25, 0.3) is 5.91 Å². The van der Waals surface area contributed by atoms with Crippen molar-refractivity contribution in [1.29, 1.82) is 0 Å². The molecule has 2 atom stereocenters. The molecule has 0 fully saturated rings. The zero-order chi connectivity index (χ0) is 21.7. The summed E-state index contributed by atoms with van der Waals surface area (Å²) in [5, 5.41) is 14.2. The summed E-state index contributed by atoms with van der Waals surface area (Å²) in [6.45, 7) is 3.44. The molecule has 0 unspecified atom stereocenters. The van der Waals surface area contributed by atoms with Crippen molar-refractivity contribution in [2.24, 2.45) is 0 Å². The Hall–Kier alpha value is -3.42. The second kappa shape index (κ2) is 9.39. The van der Waals surface area contributed by atoms with Crippen LogP contribution in [0.15, 0.2) is 42.5 Å². The highest BCUT2D eigenvalue weighted by Crippen LogP contribution is 2.30. The van der Waals surface area contributed by atoms with E-state index in [1.165, 1.54) is 24.6 Å². The standard InChI is InChI=1S/C22H24N2O6/c1-3-29-20-12-11-16(13-19(20)24(27)28)22(26)30-14(2)21(25)23-18-10-6-8-15-7-4-5-9-17(15)18/h4-5,7,9,11-14,18H,3,6,8,10H2,1-2H3,(H,23,25)/t14-,18-/m0/s1. The number of hydrogen-bond donors (Lipinski definition) is 1. The lowest BCUT2D eigenvalue weighted by molar-refractivity contribution is -0.385. The summed E-state index contributed by atoms with van der Waals surface area (Å²) in [6, 6.07) is 11.6. The van der Waals surface area contributed by atoms with E-state index in [1.807, 2.05) is 18.2 Å². The van der Waals surface area contributed by atoms with Crippen molar-refractivity contribution in [3.63, 3.8) is 0 Å². The lowest BCUT2D eigenvalue weighted by Gasteiger charge is -2.27. The Labute approximate surface area is 174 Å². The van der Waals surface area contributed by atoms with Gasteiger partial charge in [0.1, 0.15) is 0 Å². The summed E-state index contributed by atoms with van der Waals surface area (Å²) in [5.74, 6) is -1.15. The molecule has 0 heterocycles. The maximum absolute atomic E-state index is 12.6. The van der Waals surface area contributed by atoms with Crippen LogP contribution in [0.2, 0.25) is 0 Å². The first-order chi connectivity index (χ1) is 14.4. The molecule has 0 aromatic heterocycles. The summed E-state index contributed by atoms with van der Waals surface area (Å²) >= 11 is 0. The summed E-state index contributed by atoms with van der Waals surface area (Å²) in [5.41, 5.74) is 1.94. The molecule has 1 N–H and O–H groups in total. The molecule has 1 aliphatic carbocycles. The summed E-state index contributed by atoms with van der Waals surface area (Å²) in [6.07, 6.45) is 1.71. The molecule has 0 spiro atoms. The number of carbonyl (C=O) groups excluding carboxylic acids is 2. The lowest BCUT2D eigenvalue weighted by atomic mass is 9.87. The van der Waals surface area contributed by atoms with E-state index in [-0.39, 0.29) is 29.6 Å². The number of nitro groups is 1. The van der Waals surface area contributed by atoms with E-state index in [0.29, 0.717) is 0 Å². The van der Waals surface area contributed by atoms with Gasteiger partial charge in [-0.05, 0) is 56.4 Å². The Bertz CT molecular complexity index is 958. The quantitative estimate of drug-likeness (QED) is 0.422. The third-order valence-electron chi connectivity index (χ3n) is 5.03. The van der Waals surface area contributed by atoms with Crippen LogP contribution >= 0.6 is 0 Å². The number of rotatable bonds is 7. The van der Waals surface area contributed by atoms with E-state index < -0.39 is 22.9 Å². The maximum Gasteiger partial charge on any atom is 0.339 e. The van der Waals surface area contributed by atoms with Gasteiger partial charge in [-0.1, -0.05) is 24.3 Å². The first-order valence-corrected chi connectivity index (χ1v) is 9.91. The normalized spacial score (nSPS) is 16.1. The van der Waals surface area contributed by atoms with E-state index in [4.69, 9.17) is 9.47 Å². The molecule has 8 nitrogen and oxygen atoms in total. The smallest absolute Gasteiger partial charge is 0.339 e. The fourth-order valence-electron chi connectivity index (χ4n) is 3.54. The van der Waals surface area contributed by atoms with Crippen molar-refractivity contribution in [2.45, 2.75) is 45.3 Å². The second-order valence-electron chi connectivity index (χ2n) is 7.07. The maximum atomic E-state index is 12.6. The number of nitrogens with zero attached hydrogens (tertiary/aromatic N) is 1. The highest BCUT2D eigenvalue weighted by molar-refractivity contribution is 5.93. The van der Waals surface area contributed by atoms with E-state index in [9.17, 15) is 19.7 Å². The number of fused-ring (bicyclic) bond motifs is 1. The van der Waals surface area contributed by atoms with Gasteiger partial charge in [-0.2, -0.15) is 0 Å². The highest BCUT2D eigenvalue weighted by Gasteiger charge is 2.26. The van der Waals surface area contributed by atoms with Crippen LogP contribution < -0.4 is 10.1 Å². The molecule has 1 amide bonds. The van der Waals surface area contributed by atoms with Crippen molar-refractivity contribution in [3.05, 3.63) is 69.3 Å². The van der Waals surface area contributed by atoms with Crippen LogP contribution in [0.3, 0.4) is 0 Å². The number of carbonyl (C=O) groups is 2. The minimum atomic E-state index is -1.04. The van der Waals surface area contributed by atoms with Crippen LogP contribution in [-0.2, 0) is 16.0 Å². The lowest BCUT2D eigenvalue weighted by Crippen LogP contribution is -2.39. The molecule has 0 saturated heterocycles. The third-order valence-corrected chi connectivity index (χ3v) is 5.03. The SMILES string of the molecule is CCOc1ccc(C(=O)O[C@@H](C)C(=O)N[C@H]2CCCc3ccccc32)cc1[N+](=O)[O-]. The van der Waals surface area contributed by atoms with Crippen LogP contribution in [0, 0.1) is 10.1 Å². The van der Waals surface area contributed by atoms with Crippen LogP contribution in [-0.4, -0.2) is 29.5 Å². The van der Waals surface area contributed by atoms with E-state index in [0.717, 1.165) is 30.9 Å². The van der Waals surface area contributed by atoms with E-state index >= 15 is 0 Å². The number of aryl methyl sites for hydroxylation is 1. The first kappa shape index (κ1) is 21.3. The molecule has 2 aromatic carbocycles. The van der Waals surface area contributed by atoms with Gasteiger partial charge in [0.2, 0.25) is 0 Å². The van der Waals surface area contributed by atoms with Crippen molar-refractivity contribution >= 4 is 17.6 Å². The highest BCUT2D eigenvalue weighted by atomic mass is 16.6. The van der Waals surface area contributed by atoms with Crippen molar-refractivity contribution in [3.8, 4) is 5.75 Å². The number of amides is 1. The Kier molecular flexibility index (Phi) is 6.66. The molecule has 3 rings (SSSR count). The zero-order valence-corrected chi connectivity index (χ0v) is 16.9. The number of nitro benzene ring substituents is 1. The minimum absolute atomic E-state index is 0.0205. The van der Waals surface area contributed by atoms with Crippen molar-refractivity contribution in [1.82, 2.24) is 5.32 Å². The molecular formula is C22H24N2O6. The monoisotopic (exact) mass is 412 g/mol. The first-order valence-electron chi connectivity index (χ1n) is 9.91. The molecule has 158 valence electrons. The van der Waals surface area contributed by atoms with Crippen molar-refractivity contribution in [2.75, 3.05) is 6.61 Å². The molecule has 0 radical (unpaired) electrons. The predicted molar refractivity (Wildman–Crippen MR) is 109 cm³/mol. The Morgan fingerprint density at radius 1 is 1.27 bits per heavy atom. The number of esters is 1. The van der Waals surface area contributed by atoms with Gasteiger partial charge in [0.05, 0.1) is 23.1 Å². The van der Waals surface area contributed by atoms with E-state index in [1.54, 1.807) is 6.92 Å². The molecule has 0 aliphatic heterocycles. The number of benzene rings is 2. The average Bonchev–Trinajstić information content (AvgIpc) is 2.74. The van der Waals surface area contributed by atoms with Gasteiger partial charge in [0, 0.05) is 6.07 Å². The van der Waals surface area contributed by atoms with Crippen LogP contribution in [0.4, 0.5) is 5.69 Å². The van der Waals surface area contributed by atoms with Crippen LogP contribution in [0.1, 0.15) is 54.2 Å². The summed E-state index contributed by atoms with van der Waals surface area (Å²) < 4.78 is 10.5. The predicted octanol–water partition coefficient (Wildman–Crippen LogP) is 3.73. The molecule has 0 saturated carbocycles. The third kappa shape index (κ3) is 4.76. The number of hydrogen-bond acceptors (Lipinski definition) is 6. The molecular weight excluding hydrogens is 388 g/mol. The van der Waals surface area contributed by atoms with E-state index in [2.05, 4.69) is 11.4 Å². The average molecular weight is 412 g/mol. The van der Waals surface area contributed by atoms with Crippen LogP contribution in [0.5, 0.6) is 5.75 Å². The minimum Gasteiger partial charge on any atom is -0.487 e. The Morgan fingerprint density at radius 2 is 2.03 bits per heavy atom. The van der Waals surface area contributed by atoms with Gasteiger partial charge in [-0.25, -0.2) is 4.79 Å². The summed E-state index contributed by atoms with van der Waals surface area (Å²) in [4.78, 5) is 35.6. The largest absolute Gasteiger partial charge is 0.487 e. The van der Waals surface area contributed by atoms with Gasteiger partial charge < -0.3 is 14.8 Å². The van der Waals surface area contributed by atoms with Gasteiger partial charge in [-0.3, -0.25) is 14.9 Å². The topological polar surface area (TPSA) is 108 Å². The number of nitrogens with one attached hydrogen (secondary N) is 1. The Balaban J connectivity index is 1.66. The summed E-state index contributed by atoms with van der Waals surface area (Å²) in [7, 11) is 0. The molecule has 30 heavy (non-hydrogen) atoms. The second-order valence-corrected chi connectivity index (χ2v) is 7.07. The molecule has 8 heteroatoms. The zero-order valence-electron chi connectivity index (χ0n) is 16.9. The Morgan fingerprint density at radius 3 is 2.77 bits per heavy atom. The van der Waals surface area contributed by atoms with Gasteiger partial charge in [-0.15, -0.1) is 0 Å². The van der Waals surface area contributed by atoms with Crippen molar-refractivity contribution < 1.29 is 24.0 Å².